The molecule has 0 unspecified atom stereocenters. The van der Waals surface area contributed by atoms with Crippen LogP contribution in [0.3, 0.4) is 0 Å². The van der Waals surface area contributed by atoms with Crippen LogP contribution in [0.4, 0.5) is 0 Å². The van der Waals surface area contributed by atoms with E-state index in [0.717, 1.165) is 17.5 Å². The first-order chi connectivity index (χ1) is 15.5. The molecule has 4 atom stereocenters. The number of nitrogens with zero attached hydrogens (tertiary/aromatic N) is 5. The molecule has 1 aromatic heterocycles. The minimum absolute atomic E-state index is 0.0935. The Morgan fingerprint density at radius 1 is 1.19 bits per heavy atom. The molecule has 1 saturated heterocycles. The smallest absolute Gasteiger partial charge is 0.245 e. The fourth-order valence-corrected chi connectivity index (χ4v) is 4.66. The van der Waals surface area contributed by atoms with Crippen molar-refractivity contribution in [3.05, 3.63) is 71.0 Å². The Bertz CT molecular complexity index is 1140. The molecular weight excluding hydrogens is 430 g/mol. The van der Waals surface area contributed by atoms with Crippen LogP contribution in [0.25, 0.3) is 5.69 Å². The van der Waals surface area contributed by atoms with E-state index in [1.165, 1.54) is 11.0 Å². The zero-order valence-electron chi connectivity index (χ0n) is 17.1. The third-order valence-corrected chi connectivity index (χ3v) is 6.41. The van der Waals surface area contributed by atoms with Crippen molar-refractivity contribution >= 4 is 23.4 Å². The summed E-state index contributed by atoms with van der Waals surface area (Å²) < 4.78 is 1.51. The molecule has 2 fully saturated rings. The van der Waals surface area contributed by atoms with Gasteiger partial charge in [0.2, 0.25) is 11.8 Å². The molecule has 0 spiro atoms. The molecule has 0 bridgehead atoms. The topological polar surface area (TPSA) is 119 Å². The van der Waals surface area contributed by atoms with Crippen LogP contribution in [0.2, 0.25) is 5.02 Å². The zero-order chi connectivity index (χ0) is 22.2. The van der Waals surface area contributed by atoms with Crippen LogP contribution in [-0.4, -0.2) is 49.0 Å². The number of likely N-dealkylation sites (tertiary alicyclic amines) is 1. The number of halogens is 1. The maximum Gasteiger partial charge on any atom is 0.245 e. The van der Waals surface area contributed by atoms with Gasteiger partial charge in [-0.3, -0.25) is 9.59 Å². The summed E-state index contributed by atoms with van der Waals surface area (Å²) in [5.41, 5.74) is 8.48. The zero-order valence-corrected chi connectivity index (χ0v) is 17.9. The van der Waals surface area contributed by atoms with Gasteiger partial charge < -0.3 is 16.0 Å². The molecule has 32 heavy (non-hydrogen) atoms. The highest BCUT2D eigenvalue weighted by Gasteiger charge is 2.56. The summed E-state index contributed by atoms with van der Waals surface area (Å²) in [4.78, 5) is 28.0. The highest BCUT2D eigenvalue weighted by molar-refractivity contribution is 6.30. The van der Waals surface area contributed by atoms with Crippen LogP contribution in [0, 0.1) is 5.92 Å². The number of hydrogen-bond acceptors (Lipinski definition) is 6. The van der Waals surface area contributed by atoms with Crippen molar-refractivity contribution in [3.8, 4) is 5.69 Å². The highest BCUT2D eigenvalue weighted by Crippen LogP contribution is 2.48. The molecule has 1 aliphatic heterocycles. The molecule has 1 saturated carbocycles. The molecule has 164 valence electrons. The van der Waals surface area contributed by atoms with E-state index in [4.69, 9.17) is 17.3 Å². The molecule has 2 aromatic carbocycles. The van der Waals surface area contributed by atoms with Crippen molar-refractivity contribution in [1.82, 2.24) is 30.4 Å². The van der Waals surface area contributed by atoms with E-state index in [9.17, 15) is 9.59 Å². The van der Waals surface area contributed by atoms with Crippen molar-refractivity contribution < 1.29 is 9.59 Å². The second-order valence-corrected chi connectivity index (χ2v) is 8.63. The van der Waals surface area contributed by atoms with Gasteiger partial charge in [0, 0.05) is 17.6 Å². The predicted octanol–water partition coefficient (Wildman–Crippen LogP) is 1.62. The lowest BCUT2D eigenvalue weighted by molar-refractivity contribution is -0.140. The average Bonchev–Trinajstić information content (AvgIpc) is 3.21. The summed E-state index contributed by atoms with van der Waals surface area (Å²) in [7, 11) is 0. The molecule has 5 rings (SSSR count). The number of aromatic nitrogens is 4. The summed E-state index contributed by atoms with van der Waals surface area (Å²) >= 11 is 6.16. The number of piperidine rings is 1. The van der Waals surface area contributed by atoms with Gasteiger partial charge >= 0.3 is 0 Å². The summed E-state index contributed by atoms with van der Waals surface area (Å²) in [6.07, 6.45) is 3.05. The van der Waals surface area contributed by atoms with E-state index < -0.39 is 12.1 Å². The van der Waals surface area contributed by atoms with E-state index in [0.29, 0.717) is 23.0 Å². The van der Waals surface area contributed by atoms with Crippen molar-refractivity contribution in [2.75, 3.05) is 0 Å². The van der Waals surface area contributed by atoms with Gasteiger partial charge in [-0.05, 0) is 58.5 Å². The molecule has 1 aliphatic carbocycles. The normalized spacial score (nSPS) is 22.3. The lowest BCUT2D eigenvalue weighted by Gasteiger charge is -2.29. The van der Waals surface area contributed by atoms with Crippen LogP contribution in [0.1, 0.15) is 30.0 Å². The fraction of sp³-hybridized carbons (Fsp3) is 0.318. The van der Waals surface area contributed by atoms with Gasteiger partial charge in [0.1, 0.15) is 18.4 Å². The number of carbonyl (C=O) groups is 2. The molecule has 0 radical (unpaired) electrons. The Balaban J connectivity index is 1.31. The van der Waals surface area contributed by atoms with Crippen LogP contribution in [0.5, 0.6) is 0 Å². The first-order valence-corrected chi connectivity index (χ1v) is 10.8. The molecule has 10 heteroatoms. The number of benzene rings is 2. The second-order valence-electron chi connectivity index (χ2n) is 8.19. The van der Waals surface area contributed by atoms with Gasteiger partial charge in [-0.2, -0.15) is 0 Å². The molecule has 3 N–H and O–H groups in total. The van der Waals surface area contributed by atoms with E-state index in [-0.39, 0.29) is 24.4 Å². The monoisotopic (exact) mass is 451 g/mol. The average molecular weight is 452 g/mol. The van der Waals surface area contributed by atoms with Gasteiger partial charge in [0.05, 0.1) is 5.69 Å². The van der Waals surface area contributed by atoms with Gasteiger partial charge in [-0.25, -0.2) is 4.68 Å². The second kappa shape index (κ2) is 8.33. The van der Waals surface area contributed by atoms with Crippen molar-refractivity contribution in [2.45, 2.75) is 37.5 Å². The predicted molar refractivity (Wildman–Crippen MR) is 117 cm³/mol. The Morgan fingerprint density at radius 2 is 2.00 bits per heavy atom. The third-order valence-electron chi connectivity index (χ3n) is 6.18. The van der Waals surface area contributed by atoms with Gasteiger partial charge in [-0.15, -0.1) is 5.10 Å². The van der Waals surface area contributed by atoms with Crippen LogP contribution >= 0.6 is 11.6 Å². The number of rotatable bonds is 6. The lowest BCUT2D eigenvalue weighted by atomic mass is 10.0. The van der Waals surface area contributed by atoms with E-state index in [1.807, 2.05) is 30.3 Å². The third kappa shape index (κ3) is 3.85. The Morgan fingerprint density at radius 3 is 2.75 bits per heavy atom. The van der Waals surface area contributed by atoms with Gasteiger partial charge in [-0.1, -0.05) is 41.9 Å². The largest absolute Gasteiger partial charge is 0.350 e. The Kier molecular flexibility index (Phi) is 5.36. The SMILES string of the molecule is N[C@@H](C(=O)N1[C@H](C(=O)NCc2cc(Cl)ccc2-n2cnnn2)C[C@@H]2C[C@@H]21)c1ccccc1. The highest BCUT2D eigenvalue weighted by atomic mass is 35.5. The first kappa shape index (κ1) is 20.6. The van der Waals surface area contributed by atoms with Crippen molar-refractivity contribution in [2.24, 2.45) is 11.7 Å². The summed E-state index contributed by atoms with van der Waals surface area (Å²) in [5, 5.41) is 14.7. The Hall–Kier alpha value is -3.30. The molecule has 3 aromatic rings. The number of tetrazole rings is 1. The molecule has 2 aliphatic rings. The minimum Gasteiger partial charge on any atom is -0.350 e. The van der Waals surface area contributed by atoms with E-state index >= 15 is 0 Å². The Labute approximate surface area is 189 Å². The van der Waals surface area contributed by atoms with E-state index in [2.05, 4.69) is 20.8 Å². The first-order valence-electron chi connectivity index (χ1n) is 10.4. The molecule has 2 heterocycles. The van der Waals surface area contributed by atoms with Crippen LogP contribution < -0.4 is 11.1 Å². The fourth-order valence-electron chi connectivity index (χ4n) is 4.46. The van der Waals surface area contributed by atoms with Crippen molar-refractivity contribution in [1.29, 1.82) is 0 Å². The number of hydrogen-bond donors (Lipinski definition) is 2. The van der Waals surface area contributed by atoms with Crippen LogP contribution in [0.15, 0.2) is 54.9 Å². The maximum atomic E-state index is 13.2. The summed E-state index contributed by atoms with van der Waals surface area (Å²) in [6.45, 7) is 0.229. The quantitative estimate of drug-likeness (QED) is 0.587. The van der Waals surface area contributed by atoms with Crippen molar-refractivity contribution in [3.63, 3.8) is 0 Å². The number of nitrogens with two attached hydrogens (primary N) is 1. The minimum atomic E-state index is -0.787. The summed E-state index contributed by atoms with van der Waals surface area (Å²) in [6, 6.07) is 13.3. The molecule has 9 nitrogen and oxygen atoms in total. The van der Waals surface area contributed by atoms with Gasteiger partial charge in [0.15, 0.2) is 0 Å². The summed E-state index contributed by atoms with van der Waals surface area (Å²) in [5.74, 6) is -0.0486. The van der Waals surface area contributed by atoms with Gasteiger partial charge in [0.25, 0.3) is 0 Å². The molecular formula is C22H22ClN7O2. The maximum absolute atomic E-state index is 13.2. The van der Waals surface area contributed by atoms with E-state index in [1.54, 1.807) is 23.1 Å². The number of fused-ring (bicyclic) bond motifs is 1. The number of amides is 2. The number of nitrogens with one attached hydrogen (secondary N) is 1. The molecule has 2 amide bonds. The standard InChI is InChI=1S/C22H22ClN7O2/c23-16-6-7-17(29-12-26-27-28-29)15(8-16)11-25-21(31)19-10-14-9-18(14)30(19)22(32)20(24)13-4-2-1-3-5-13/h1-8,12,14,18-20H,9-11,24H2,(H,25,31)/t14-,18-,19-,20+/m0/s1. The van der Waals surface area contributed by atoms with Crippen LogP contribution in [-0.2, 0) is 16.1 Å². The number of carbonyl (C=O) groups excluding carboxylic acids is 2. The lowest BCUT2D eigenvalue weighted by Crippen LogP contribution is -2.50.